The molecule has 7 N–H and O–H groups in total. The highest BCUT2D eigenvalue weighted by Crippen LogP contribution is 2.34. The molecule has 186 valence electrons. The molecule has 0 spiro atoms. The highest BCUT2D eigenvalue weighted by molar-refractivity contribution is 14.1. The largest absolute Gasteiger partial charge is 0.506 e. The molecule has 0 saturated carbocycles. The van der Waals surface area contributed by atoms with Crippen molar-refractivity contribution in [1.29, 1.82) is 0 Å². The normalized spacial score (nSPS) is 15.9. The van der Waals surface area contributed by atoms with Crippen LogP contribution in [0.1, 0.15) is 28.4 Å². The maximum absolute atomic E-state index is 12.6. The smallest absolute Gasteiger partial charge is 0.305 e. The standard InChI is InChI=1S/C22H23ClIN5O6/c23-12-5-15(20(34)16(24)6-12)17(7-19(32)33)29-18(31)10-25-21(35)11-2-1-3-13(4-11)28-22-26-8-14(30)9-27-22/h1-6,14,17,30,34H,7-10H2,(H,25,35)(H,29,31)(H,32,33)(H2,26,27,28)/t17-/m1/s1. The number of aliphatic hydroxyl groups is 1. The van der Waals surface area contributed by atoms with Gasteiger partial charge in [0.05, 0.1) is 35.2 Å². The molecule has 1 heterocycles. The van der Waals surface area contributed by atoms with Crippen molar-refractivity contribution in [1.82, 2.24) is 16.0 Å². The van der Waals surface area contributed by atoms with Crippen molar-refractivity contribution in [2.75, 3.05) is 25.0 Å². The van der Waals surface area contributed by atoms with Gasteiger partial charge in [-0.1, -0.05) is 17.7 Å². The second kappa shape index (κ2) is 12.0. The van der Waals surface area contributed by atoms with Crippen molar-refractivity contribution in [2.24, 2.45) is 4.99 Å². The van der Waals surface area contributed by atoms with Gasteiger partial charge in [-0.15, -0.1) is 0 Å². The number of aromatic hydroxyl groups is 1. The number of amides is 2. The lowest BCUT2D eigenvalue weighted by Crippen LogP contribution is -2.42. The zero-order valence-corrected chi connectivity index (χ0v) is 21.1. The van der Waals surface area contributed by atoms with Crippen LogP contribution in [0.4, 0.5) is 5.69 Å². The van der Waals surface area contributed by atoms with Crippen LogP contribution in [0.15, 0.2) is 41.4 Å². The number of carboxylic acids is 1. The summed E-state index contributed by atoms with van der Waals surface area (Å²) in [5, 5.41) is 40.3. The van der Waals surface area contributed by atoms with Gasteiger partial charge in [0.15, 0.2) is 5.96 Å². The molecule has 1 unspecified atom stereocenters. The highest BCUT2D eigenvalue weighted by Gasteiger charge is 2.23. The molecular weight excluding hydrogens is 593 g/mol. The van der Waals surface area contributed by atoms with E-state index in [0.717, 1.165) is 0 Å². The topological polar surface area (TPSA) is 172 Å². The van der Waals surface area contributed by atoms with Crippen molar-refractivity contribution >= 4 is 63.6 Å². The number of nitrogens with one attached hydrogen (secondary N) is 4. The first-order chi connectivity index (χ1) is 16.6. The summed E-state index contributed by atoms with van der Waals surface area (Å²) in [5.41, 5.74) is 1.02. The molecule has 2 aromatic carbocycles. The first-order valence-electron chi connectivity index (χ1n) is 10.4. The number of rotatable bonds is 8. The first-order valence-corrected chi connectivity index (χ1v) is 11.9. The van der Waals surface area contributed by atoms with E-state index in [2.05, 4.69) is 26.3 Å². The number of hydrogen-bond donors (Lipinski definition) is 7. The Bertz CT molecular complexity index is 1160. The lowest BCUT2D eigenvalue weighted by atomic mass is 10.0. The van der Waals surface area contributed by atoms with Gasteiger partial charge in [-0.05, 0) is 52.9 Å². The molecule has 1 aliphatic rings. The van der Waals surface area contributed by atoms with Crippen LogP contribution in [0.2, 0.25) is 5.02 Å². The molecule has 0 fully saturated rings. The van der Waals surface area contributed by atoms with Crippen LogP contribution in [-0.2, 0) is 9.59 Å². The lowest BCUT2D eigenvalue weighted by molar-refractivity contribution is -0.137. The third kappa shape index (κ3) is 7.70. The molecule has 1 aliphatic heterocycles. The molecule has 13 heteroatoms. The molecule has 0 radical (unpaired) electrons. The number of nitrogens with zero attached hydrogens (tertiary/aromatic N) is 1. The molecule has 2 atom stereocenters. The van der Waals surface area contributed by atoms with Crippen LogP contribution in [0, 0.1) is 3.57 Å². The maximum Gasteiger partial charge on any atom is 0.305 e. The van der Waals surface area contributed by atoms with Crippen LogP contribution in [0.25, 0.3) is 0 Å². The average Bonchev–Trinajstić information content (AvgIpc) is 2.81. The Labute approximate surface area is 219 Å². The zero-order valence-electron chi connectivity index (χ0n) is 18.2. The summed E-state index contributed by atoms with van der Waals surface area (Å²) >= 11 is 7.88. The molecule has 35 heavy (non-hydrogen) atoms. The number of aliphatic hydroxyl groups excluding tert-OH is 1. The fourth-order valence-electron chi connectivity index (χ4n) is 3.26. The van der Waals surface area contributed by atoms with E-state index in [-0.39, 0.29) is 28.4 Å². The van der Waals surface area contributed by atoms with Crippen LogP contribution in [-0.4, -0.2) is 64.8 Å². The fraction of sp³-hybridized carbons (Fsp3) is 0.273. The predicted molar refractivity (Wildman–Crippen MR) is 138 cm³/mol. The Kier molecular flexibility index (Phi) is 9.12. The molecule has 0 aliphatic carbocycles. The summed E-state index contributed by atoms with van der Waals surface area (Å²) in [6, 6.07) is 8.36. The minimum absolute atomic E-state index is 0.162. The molecule has 11 nitrogen and oxygen atoms in total. The molecule has 3 rings (SSSR count). The Morgan fingerprint density at radius 3 is 2.71 bits per heavy atom. The summed E-state index contributed by atoms with van der Waals surface area (Å²) in [7, 11) is 0. The van der Waals surface area contributed by atoms with Gasteiger partial charge in [0.25, 0.3) is 5.91 Å². The number of aliphatic imine (C=N–C) groups is 1. The zero-order chi connectivity index (χ0) is 25.5. The minimum atomic E-state index is -1.19. The van der Waals surface area contributed by atoms with E-state index in [1.807, 2.05) is 22.6 Å². The van der Waals surface area contributed by atoms with Gasteiger partial charge < -0.3 is 36.6 Å². The van der Waals surface area contributed by atoms with Crippen molar-refractivity contribution in [2.45, 2.75) is 18.6 Å². The van der Waals surface area contributed by atoms with Crippen molar-refractivity contribution < 1.29 is 29.7 Å². The number of guanidine groups is 1. The lowest BCUT2D eigenvalue weighted by Gasteiger charge is -2.20. The van der Waals surface area contributed by atoms with E-state index in [9.17, 15) is 29.7 Å². The third-order valence-electron chi connectivity index (χ3n) is 4.91. The number of β-amino-alcohol motifs (C(OH)–C–C–N with tert-alkyl or cyclic N) is 1. The van der Waals surface area contributed by atoms with E-state index >= 15 is 0 Å². The van der Waals surface area contributed by atoms with E-state index in [4.69, 9.17) is 11.6 Å². The van der Waals surface area contributed by atoms with Crippen LogP contribution >= 0.6 is 34.2 Å². The van der Waals surface area contributed by atoms with Gasteiger partial charge in [-0.3, -0.25) is 19.4 Å². The van der Waals surface area contributed by atoms with Crippen LogP contribution in [0.5, 0.6) is 5.75 Å². The summed E-state index contributed by atoms with van der Waals surface area (Å²) in [6.45, 7) is 0.201. The summed E-state index contributed by atoms with van der Waals surface area (Å²) in [5.74, 6) is -2.07. The Morgan fingerprint density at radius 1 is 1.26 bits per heavy atom. The molecule has 0 bridgehead atoms. The quantitative estimate of drug-likeness (QED) is 0.219. The number of phenols is 1. The fourth-order valence-corrected chi connectivity index (χ4v) is 4.32. The second-order valence-corrected chi connectivity index (χ2v) is 9.25. The van der Waals surface area contributed by atoms with Crippen molar-refractivity contribution in [3.63, 3.8) is 0 Å². The second-order valence-electron chi connectivity index (χ2n) is 7.66. The summed E-state index contributed by atoms with van der Waals surface area (Å²) in [4.78, 5) is 40.5. The molecule has 2 amide bonds. The Balaban J connectivity index is 1.62. The maximum atomic E-state index is 12.6. The summed E-state index contributed by atoms with van der Waals surface area (Å²) in [6.07, 6.45) is -1.04. The van der Waals surface area contributed by atoms with Gasteiger partial charge in [-0.25, -0.2) is 0 Å². The Morgan fingerprint density at radius 2 is 2.03 bits per heavy atom. The number of benzene rings is 2. The first kappa shape index (κ1) is 26.5. The molecule has 0 saturated heterocycles. The number of carbonyl (C=O) groups excluding carboxylic acids is 2. The molecule has 0 aromatic heterocycles. The van der Waals surface area contributed by atoms with Crippen LogP contribution < -0.4 is 21.3 Å². The summed E-state index contributed by atoms with van der Waals surface area (Å²) < 4.78 is 0.405. The molecular formula is C22H23ClIN5O6. The third-order valence-corrected chi connectivity index (χ3v) is 5.95. The number of aliphatic carboxylic acids is 1. The number of anilines is 1. The Hall–Kier alpha value is -3.10. The number of halogens is 2. The SMILES string of the molecule is O=C(O)C[C@@H](NC(=O)CNC(=O)c1cccc(NC2=NCC(O)CN2)c1)c1cc(Cl)cc(I)c1O. The van der Waals surface area contributed by atoms with Gasteiger partial charge >= 0.3 is 5.97 Å². The van der Waals surface area contributed by atoms with Gasteiger partial charge in [0.2, 0.25) is 5.91 Å². The molecule has 2 aromatic rings. The predicted octanol–water partition coefficient (Wildman–Crippen LogP) is 1.44. The van der Waals surface area contributed by atoms with Gasteiger partial charge in [-0.2, -0.15) is 0 Å². The number of phenolic OH excluding ortho intramolecular Hbond substituents is 1. The van der Waals surface area contributed by atoms with Crippen molar-refractivity contribution in [3.05, 3.63) is 56.1 Å². The van der Waals surface area contributed by atoms with E-state index in [1.165, 1.54) is 12.1 Å². The average molecular weight is 616 g/mol. The van der Waals surface area contributed by atoms with Gasteiger partial charge in [0, 0.05) is 28.4 Å². The van der Waals surface area contributed by atoms with Crippen LogP contribution in [0.3, 0.4) is 0 Å². The van der Waals surface area contributed by atoms with Crippen molar-refractivity contribution in [3.8, 4) is 5.75 Å². The van der Waals surface area contributed by atoms with Gasteiger partial charge in [0.1, 0.15) is 5.75 Å². The monoisotopic (exact) mass is 615 g/mol. The number of hydrogen-bond acceptors (Lipinski definition) is 8. The number of carboxylic acid groups (broad SMARTS) is 1. The van der Waals surface area contributed by atoms with E-state index < -0.39 is 42.9 Å². The minimum Gasteiger partial charge on any atom is -0.506 e. The number of carbonyl (C=O) groups is 3. The van der Waals surface area contributed by atoms with E-state index in [0.29, 0.717) is 21.8 Å². The highest BCUT2D eigenvalue weighted by atomic mass is 127. The van der Waals surface area contributed by atoms with E-state index in [1.54, 1.807) is 24.3 Å².